The predicted octanol–water partition coefficient (Wildman–Crippen LogP) is 3.08. The maximum atomic E-state index is 2.48. The van der Waals surface area contributed by atoms with Crippen LogP contribution < -0.4 is 0 Å². The van der Waals surface area contributed by atoms with Crippen molar-refractivity contribution in [3.63, 3.8) is 0 Å². The third-order valence-electron chi connectivity index (χ3n) is 4.07. The number of rotatable bonds is 5. The molecule has 0 aliphatic heterocycles. The topological polar surface area (TPSA) is 0 Å². The Labute approximate surface area is 94.8 Å². The highest BCUT2D eigenvalue weighted by molar-refractivity contribution is 5.09. The first-order valence-corrected chi connectivity index (χ1v) is 6.53. The Morgan fingerprint density at radius 1 is 1.07 bits per heavy atom. The molecule has 86 valence electrons. The molecule has 2 bridgehead atoms. The molecule has 0 aromatic rings. The lowest BCUT2D eigenvalue weighted by atomic mass is 9.89. The molecule has 0 heterocycles. The third kappa shape index (κ3) is 3.07. The lowest BCUT2D eigenvalue weighted by Crippen LogP contribution is -2.35. The fourth-order valence-corrected chi connectivity index (χ4v) is 3.22. The Balaban J connectivity index is 1.61. The van der Waals surface area contributed by atoms with E-state index in [0.29, 0.717) is 0 Å². The minimum absolute atomic E-state index is 0.957. The van der Waals surface area contributed by atoms with Gasteiger partial charge in [-0.05, 0) is 49.9 Å². The van der Waals surface area contributed by atoms with Crippen molar-refractivity contribution in [2.45, 2.75) is 32.1 Å². The minimum Gasteiger partial charge on any atom is -0.331 e. The molecule has 3 atom stereocenters. The van der Waals surface area contributed by atoms with Gasteiger partial charge >= 0.3 is 0 Å². The van der Waals surface area contributed by atoms with E-state index in [4.69, 9.17) is 0 Å². The first-order chi connectivity index (χ1) is 7.04. The van der Waals surface area contributed by atoms with Crippen molar-refractivity contribution in [2.75, 3.05) is 27.7 Å². The molecule has 0 N–H and O–H groups in total. The largest absolute Gasteiger partial charge is 0.331 e. The summed E-state index contributed by atoms with van der Waals surface area (Å²) in [7, 11) is 6.88. The van der Waals surface area contributed by atoms with Crippen LogP contribution in [0.25, 0.3) is 0 Å². The molecule has 0 aromatic heterocycles. The van der Waals surface area contributed by atoms with Crippen LogP contribution in [0.3, 0.4) is 0 Å². The van der Waals surface area contributed by atoms with Crippen molar-refractivity contribution in [3.8, 4) is 0 Å². The summed E-state index contributed by atoms with van der Waals surface area (Å²) < 4.78 is 1.12. The number of allylic oxidation sites excluding steroid dienone is 2. The summed E-state index contributed by atoms with van der Waals surface area (Å²) in [6.07, 6.45) is 12.2. The van der Waals surface area contributed by atoms with E-state index in [2.05, 4.69) is 33.3 Å². The summed E-state index contributed by atoms with van der Waals surface area (Å²) in [5.74, 6) is 2.95. The van der Waals surface area contributed by atoms with Crippen molar-refractivity contribution in [2.24, 2.45) is 17.8 Å². The Morgan fingerprint density at radius 2 is 1.87 bits per heavy atom. The molecule has 0 spiro atoms. The van der Waals surface area contributed by atoms with Crippen LogP contribution in [0, 0.1) is 17.8 Å². The van der Waals surface area contributed by atoms with Gasteiger partial charge in [0.1, 0.15) is 0 Å². The fraction of sp³-hybridized carbons (Fsp3) is 0.857. The van der Waals surface area contributed by atoms with E-state index < -0.39 is 0 Å². The summed E-state index contributed by atoms with van der Waals surface area (Å²) in [5.41, 5.74) is 0. The molecular weight excluding hydrogens is 182 g/mol. The van der Waals surface area contributed by atoms with E-state index in [9.17, 15) is 0 Å². The van der Waals surface area contributed by atoms with E-state index in [0.717, 1.165) is 22.2 Å². The van der Waals surface area contributed by atoms with Gasteiger partial charge in [0.25, 0.3) is 0 Å². The van der Waals surface area contributed by atoms with Crippen LogP contribution in [0.2, 0.25) is 0 Å². The summed E-state index contributed by atoms with van der Waals surface area (Å²) in [5, 5.41) is 0. The second-order valence-electron chi connectivity index (χ2n) is 6.55. The van der Waals surface area contributed by atoms with Crippen molar-refractivity contribution in [1.82, 2.24) is 0 Å². The van der Waals surface area contributed by atoms with Crippen molar-refractivity contribution >= 4 is 0 Å². The van der Waals surface area contributed by atoms with Crippen LogP contribution in [0.5, 0.6) is 0 Å². The average Bonchev–Trinajstić information content (AvgIpc) is 2.71. The van der Waals surface area contributed by atoms with Crippen molar-refractivity contribution in [3.05, 3.63) is 12.2 Å². The van der Waals surface area contributed by atoms with Gasteiger partial charge in [0.15, 0.2) is 0 Å². The van der Waals surface area contributed by atoms with Crippen LogP contribution in [-0.2, 0) is 0 Å². The first-order valence-electron chi connectivity index (χ1n) is 6.53. The lowest BCUT2D eigenvalue weighted by Gasteiger charge is -2.24. The molecule has 2 aliphatic rings. The number of fused-ring (bicyclic) bond motifs is 2. The first kappa shape index (κ1) is 11.2. The van der Waals surface area contributed by atoms with Gasteiger partial charge in [-0.15, -0.1) is 0 Å². The van der Waals surface area contributed by atoms with E-state index in [-0.39, 0.29) is 0 Å². The van der Waals surface area contributed by atoms with Gasteiger partial charge in [-0.25, -0.2) is 0 Å². The molecule has 1 nitrogen and oxygen atoms in total. The molecular formula is C14H26N+. The maximum absolute atomic E-state index is 2.48. The molecule has 0 amide bonds. The summed E-state index contributed by atoms with van der Waals surface area (Å²) in [4.78, 5) is 0. The summed E-state index contributed by atoms with van der Waals surface area (Å²) in [6.45, 7) is 1.33. The molecule has 0 aromatic carbocycles. The quantitative estimate of drug-likeness (QED) is 0.370. The standard InChI is InChI=1S/C14H26N/c1-15(2,3)9-5-4-6-13-10-12-7-8-14(13)11-12/h7-8,12-14H,4-6,9-11H2,1-3H3/q+1. The molecule has 1 fully saturated rings. The molecule has 2 aliphatic carbocycles. The second-order valence-corrected chi connectivity index (χ2v) is 6.55. The van der Waals surface area contributed by atoms with Crippen LogP contribution >= 0.6 is 0 Å². The summed E-state index contributed by atoms with van der Waals surface area (Å²) in [6, 6.07) is 0. The number of hydrogen-bond acceptors (Lipinski definition) is 0. The normalized spacial score (nSPS) is 33.9. The fourth-order valence-electron chi connectivity index (χ4n) is 3.22. The highest BCUT2D eigenvalue weighted by atomic mass is 15.3. The van der Waals surface area contributed by atoms with Gasteiger partial charge in [-0.1, -0.05) is 12.2 Å². The SMILES string of the molecule is C[N+](C)(C)CCCCC1CC2C=CC1C2. The van der Waals surface area contributed by atoms with Gasteiger partial charge in [0.05, 0.1) is 27.7 Å². The van der Waals surface area contributed by atoms with Crippen LogP contribution in [0.1, 0.15) is 32.1 Å². The van der Waals surface area contributed by atoms with Gasteiger partial charge < -0.3 is 4.48 Å². The van der Waals surface area contributed by atoms with Crippen LogP contribution in [0.4, 0.5) is 0 Å². The third-order valence-corrected chi connectivity index (χ3v) is 4.07. The molecule has 1 saturated carbocycles. The van der Waals surface area contributed by atoms with Crippen LogP contribution in [0.15, 0.2) is 12.2 Å². The average molecular weight is 208 g/mol. The maximum Gasteiger partial charge on any atom is 0.0780 e. The summed E-state index contributed by atoms with van der Waals surface area (Å²) >= 11 is 0. The zero-order valence-corrected chi connectivity index (χ0v) is 10.6. The monoisotopic (exact) mass is 208 g/mol. The Bertz CT molecular complexity index is 236. The number of hydrogen-bond donors (Lipinski definition) is 0. The van der Waals surface area contributed by atoms with E-state index >= 15 is 0 Å². The molecule has 1 heteroatoms. The van der Waals surface area contributed by atoms with Crippen LogP contribution in [-0.4, -0.2) is 32.2 Å². The smallest absolute Gasteiger partial charge is 0.0780 e. The molecule has 15 heavy (non-hydrogen) atoms. The van der Waals surface area contributed by atoms with Gasteiger partial charge in [-0.3, -0.25) is 0 Å². The Kier molecular flexibility index (Phi) is 3.20. The highest BCUT2D eigenvalue weighted by Gasteiger charge is 2.34. The highest BCUT2D eigenvalue weighted by Crippen LogP contribution is 2.45. The zero-order valence-electron chi connectivity index (χ0n) is 10.6. The van der Waals surface area contributed by atoms with Crippen molar-refractivity contribution in [1.29, 1.82) is 0 Å². The van der Waals surface area contributed by atoms with E-state index in [1.54, 1.807) is 0 Å². The lowest BCUT2D eigenvalue weighted by molar-refractivity contribution is -0.870. The van der Waals surface area contributed by atoms with Gasteiger partial charge in [0, 0.05) is 0 Å². The molecule has 0 saturated heterocycles. The number of nitrogens with zero attached hydrogens (tertiary/aromatic N) is 1. The minimum atomic E-state index is 0.957. The molecule has 3 unspecified atom stereocenters. The van der Waals surface area contributed by atoms with Crippen molar-refractivity contribution < 1.29 is 4.48 Å². The number of unbranched alkanes of at least 4 members (excludes halogenated alkanes) is 1. The van der Waals surface area contributed by atoms with E-state index in [1.165, 1.54) is 38.6 Å². The molecule has 2 rings (SSSR count). The molecule has 0 radical (unpaired) electrons. The van der Waals surface area contributed by atoms with E-state index in [1.807, 2.05) is 0 Å². The van der Waals surface area contributed by atoms with Gasteiger partial charge in [-0.2, -0.15) is 0 Å². The Hall–Kier alpha value is -0.300. The van der Waals surface area contributed by atoms with Gasteiger partial charge in [0.2, 0.25) is 0 Å². The predicted molar refractivity (Wildman–Crippen MR) is 65.6 cm³/mol. The zero-order chi connectivity index (χ0) is 10.9. The number of quaternary nitrogens is 1. The second kappa shape index (κ2) is 4.29. The Morgan fingerprint density at radius 3 is 2.40 bits per heavy atom.